The zero-order valence-electron chi connectivity index (χ0n) is 21.5. The van der Waals surface area contributed by atoms with Crippen LogP contribution in [0.15, 0.2) is 84.9 Å². The molecule has 3 aromatic carbocycles. The highest BCUT2D eigenvalue weighted by molar-refractivity contribution is 5.93. The molecule has 1 heterocycles. The topological polar surface area (TPSA) is 97.0 Å². The van der Waals surface area contributed by atoms with Crippen molar-refractivity contribution in [3.8, 4) is 11.5 Å². The van der Waals surface area contributed by atoms with Crippen LogP contribution in [-0.4, -0.2) is 55.5 Å². The van der Waals surface area contributed by atoms with Gasteiger partial charge >= 0.3 is 0 Å². The van der Waals surface area contributed by atoms with Crippen molar-refractivity contribution >= 4 is 23.4 Å². The highest BCUT2D eigenvalue weighted by atomic mass is 16.5. The fraction of sp³-hybridized carbons (Fsp3) is 0.300. The van der Waals surface area contributed by atoms with Crippen molar-refractivity contribution in [2.75, 3.05) is 32.1 Å². The van der Waals surface area contributed by atoms with Crippen molar-refractivity contribution in [2.24, 2.45) is 5.92 Å². The first-order chi connectivity index (χ1) is 18.5. The molecule has 3 aromatic rings. The molecule has 0 aliphatic carbocycles. The van der Waals surface area contributed by atoms with Gasteiger partial charge in [0, 0.05) is 31.1 Å². The predicted octanol–water partition coefficient (Wildman–Crippen LogP) is 3.68. The number of methoxy groups -OCH3 is 1. The Labute approximate surface area is 222 Å². The van der Waals surface area contributed by atoms with Crippen LogP contribution >= 0.6 is 0 Å². The molecule has 8 nitrogen and oxygen atoms in total. The summed E-state index contributed by atoms with van der Waals surface area (Å²) >= 11 is 0. The summed E-state index contributed by atoms with van der Waals surface area (Å²) in [6.07, 6.45) is 1.47. The monoisotopic (exact) mass is 515 g/mol. The van der Waals surface area contributed by atoms with Crippen LogP contribution in [-0.2, 0) is 20.8 Å². The van der Waals surface area contributed by atoms with E-state index in [1.807, 2.05) is 48.5 Å². The molecule has 1 atom stereocenters. The third-order valence-electron chi connectivity index (χ3n) is 6.56. The first-order valence-electron chi connectivity index (χ1n) is 12.8. The second kappa shape index (κ2) is 13.3. The Morgan fingerprint density at radius 1 is 0.868 bits per heavy atom. The fourth-order valence-corrected chi connectivity index (χ4v) is 4.45. The van der Waals surface area contributed by atoms with Crippen molar-refractivity contribution in [1.29, 1.82) is 0 Å². The largest absolute Gasteiger partial charge is 0.497 e. The Bertz CT molecular complexity index is 1190. The van der Waals surface area contributed by atoms with E-state index in [1.165, 1.54) is 0 Å². The number of hydrogen-bond donors (Lipinski definition) is 2. The number of ether oxygens (including phenoxy) is 2. The molecule has 0 saturated carbocycles. The van der Waals surface area contributed by atoms with Gasteiger partial charge in [-0.3, -0.25) is 14.4 Å². The van der Waals surface area contributed by atoms with E-state index in [1.54, 1.807) is 48.4 Å². The first-order valence-corrected chi connectivity index (χ1v) is 12.8. The maximum atomic E-state index is 13.5. The maximum absolute atomic E-state index is 13.5. The first kappa shape index (κ1) is 26.7. The molecule has 0 bridgehead atoms. The highest BCUT2D eigenvalue weighted by Gasteiger charge is 2.32. The minimum atomic E-state index is -0.728. The second-order valence-electron chi connectivity index (χ2n) is 9.23. The van der Waals surface area contributed by atoms with Gasteiger partial charge in [-0.1, -0.05) is 48.5 Å². The second-order valence-corrected chi connectivity index (χ2v) is 9.23. The lowest BCUT2D eigenvalue weighted by molar-refractivity contribution is -0.139. The number of anilines is 1. The number of para-hydroxylation sites is 1. The predicted molar refractivity (Wildman–Crippen MR) is 145 cm³/mol. The molecule has 0 unspecified atom stereocenters. The van der Waals surface area contributed by atoms with E-state index in [2.05, 4.69) is 10.6 Å². The summed E-state index contributed by atoms with van der Waals surface area (Å²) in [5.74, 6) is 0.534. The molecule has 1 saturated heterocycles. The van der Waals surface area contributed by atoms with Crippen LogP contribution in [0, 0.1) is 5.92 Å². The average Bonchev–Trinajstić information content (AvgIpc) is 2.97. The summed E-state index contributed by atoms with van der Waals surface area (Å²) in [6.45, 7) is 0.707. The molecule has 0 radical (unpaired) electrons. The van der Waals surface area contributed by atoms with E-state index < -0.39 is 6.04 Å². The van der Waals surface area contributed by atoms with Gasteiger partial charge in [0.2, 0.25) is 11.8 Å². The Balaban J connectivity index is 1.33. The lowest BCUT2D eigenvalue weighted by Gasteiger charge is -2.34. The van der Waals surface area contributed by atoms with Crippen LogP contribution in [0.1, 0.15) is 18.4 Å². The van der Waals surface area contributed by atoms with Gasteiger partial charge in [-0.15, -0.1) is 0 Å². The third kappa shape index (κ3) is 7.59. The van der Waals surface area contributed by atoms with Crippen LogP contribution in [0.25, 0.3) is 0 Å². The number of rotatable bonds is 10. The van der Waals surface area contributed by atoms with E-state index in [-0.39, 0.29) is 30.2 Å². The van der Waals surface area contributed by atoms with Gasteiger partial charge < -0.3 is 25.0 Å². The van der Waals surface area contributed by atoms with Crippen molar-refractivity contribution in [3.05, 3.63) is 90.5 Å². The van der Waals surface area contributed by atoms with Crippen molar-refractivity contribution in [1.82, 2.24) is 10.2 Å². The quantitative estimate of drug-likeness (QED) is 0.429. The SMILES string of the molecule is COc1ccc(NC(=O)C2CCN(C(=O)[C@@H](Cc3ccccc3)NC(=O)COc3ccccc3)CC2)cc1. The van der Waals surface area contributed by atoms with Gasteiger partial charge in [0.05, 0.1) is 7.11 Å². The molecule has 38 heavy (non-hydrogen) atoms. The smallest absolute Gasteiger partial charge is 0.258 e. The lowest BCUT2D eigenvalue weighted by Crippen LogP contribution is -2.53. The Morgan fingerprint density at radius 3 is 2.13 bits per heavy atom. The number of piperidine rings is 1. The molecule has 1 aliphatic heterocycles. The van der Waals surface area contributed by atoms with E-state index in [9.17, 15) is 14.4 Å². The van der Waals surface area contributed by atoms with Gasteiger partial charge in [0.1, 0.15) is 17.5 Å². The number of nitrogens with one attached hydrogen (secondary N) is 2. The molecular formula is C30H33N3O5. The third-order valence-corrected chi connectivity index (χ3v) is 6.56. The standard InChI is InChI=1S/C30H33N3O5/c1-37-25-14-12-24(13-15-25)31-29(35)23-16-18-33(19-17-23)30(36)27(20-22-8-4-2-5-9-22)32-28(34)21-38-26-10-6-3-7-11-26/h2-15,23,27H,16-21H2,1H3,(H,31,35)(H,32,34)/t27-/m1/s1. The summed E-state index contributed by atoms with van der Waals surface area (Å²) in [6, 6.07) is 25.1. The summed E-state index contributed by atoms with van der Waals surface area (Å²) in [4.78, 5) is 40.7. The lowest BCUT2D eigenvalue weighted by atomic mass is 9.94. The zero-order chi connectivity index (χ0) is 26.7. The number of carbonyl (C=O) groups is 3. The molecule has 2 N–H and O–H groups in total. The van der Waals surface area contributed by atoms with Crippen LogP contribution < -0.4 is 20.1 Å². The molecule has 0 aromatic heterocycles. The van der Waals surface area contributed by atoms with Crippen molar-refractivity contribution < 1.29 is 23.9 Å². The number of nitrogens with zero attached hydrogens (tertiary/aromatic N) is 1. The Morgan fingerprint density at radius 2 is 1.50 bits per heavy atom. The van der Waals surface area contributed by atoms with Crippen molar-refractivity contribution in [2.45, 2.75) is 25.3 Å². The maximum Gasteiger partial charge on any atom is 0.258 e. The summed E-state index contributed by atoms with van der Waals surface area (Å²) in [5, 5.41) is 5.81. The molecule has 198 valence electrons. The van der Waals surface area contributed by atoms with Gasteiger partial charge in [0.25, 0.3) is 5.91 Å². The van der Waals surface area contributed by atoms with Gasteiger partial charge in [-0.05, 0) is 54.8 Å². The number of benzene rings is 3. The van der Waals surface area contributed by atoms with E-state index in [4.69, 9.17) is 9.47 Å². The van der Waals surface area contributed by atoms with Gasteiger partial charge in [-0.2, -0.15) is 0 Å². The van der Waals surface area contributed by atoms with Gasteiger partial charge in [-0.25, -0.2) is 0 Å². The summed E-state index contributed by atoms with van der Waals surface area (Å²) < 4.78 is 10.7. The minimum absolute atomic E-state index is 0.0607. The normalized spacial score (nSPS) is 14.3. The Kier molecular flexibility index (Phi) is 9.34. The average molecular weight is 516 g/mol. The number of carbonyl (C=O) groups excluding carboxylic acids is 3. The van der Waals surface area contributed by atoms with E-state index in [0.717, 1.165) is 11.3 Å². The molecular weight excluding hydrogens is 482 g/mol. The number of hydrogen-bond acceptors (Lipinski definition) is 5. The van der Waals surface area contributed by atoms with Crippen LogP contribution in [0.3, 0.4) is 0 Å². The molecule has 1 fully saturated rings. The Hall–Kier alpha value is -4.33. The number of amides is 3. The molecule has 1 aliphatic rings. The summed E-state index contributed by atoms with van der Waals surface area (Å²) in [5.41, 5.74) is 1.65. The molecule has 0 spiro atoms. The van der Waals surface area contributed by atoms with Crippen LogP contribution in [0.5, 0.6) is 11.5 Å². The fourth-order valence-electron chi connectivity index (χ4n) is 4.45. The van der Waals surface area contributed by atoms with Crippen LogP contribution in [0.2, 0.25) is 0 Å². The summed E-state index contributed by atoms with van der Waals surface area (Å²) in [7, 11) is 1.59. The van der Waals surface area contributed by atoms with E-state index >= 15 is 0 Å². The van der Waals surface area contributed by atoms with E-state index in [0.29, 0.717) is 43.8 Å². The highest BCUT2D eigenvalue weighted by Crippen LogP contribution is 2.22. The van der Waals surface area contributed by atoms with Crippen molar-refractivity contribution in [3.63, 3.8) is 0 Å². The van der Waals surface area contributed by atoms with Crippen LogP contribution in [0.4, 0.5) is 5.69 Å². The molecule has 4 rings (SSSR count). The molecule has 3 amide bonds. The van der Waals surface area contributed by atoms with Gasteiger partial charge in [0.15, 0.2) is 6.61 Å². The number of likely N-dealkylation sites (tertiary alicyclic amines) is 1. The molecule has 8 heteroatoms. The minimum Gasteiger partial charge on any atom is -0.497 e. The zero-order valence-corrected chi connectivity index (χ0v) is 21.5.